The van der Waals surface area contributed by atoms with Crippen LogP contribution in [-0.4, -0.2) is 25.9 Å². The average molecular weight is 248 g/mol. The number of ether oxygens (including phenoxy) is 1. The lowest BCUT2D eigenvalue weighted by atomic mass is 10.3. The third-order valence-corrected chi connectivity index (χ3v) is 1.72. The molecule has 0 fully saturated rings. The number of amides is 1. The number of benzene rings is 1. The highest BCUT2D eigenvalue weighted by molar-refractivity contribution is 5.93. The fourth-order valence-electron chi connectivity index (χ4n) is 1.14. The Morgan fingerprint density at radius 2 is 2.00 bits per heavy atom. The van der Waals surface area contributed by atoms with Crippen LogP contribution in [0.5, 0.6) is 5.75 Å². The monoisotopic (exact) mass is 248 g/mol. The maximum absolute atomic E-state index is 12.1. The second-order valence-electron chi connectivity index (χ2n) is 3.12. The zero-order chi connectivity index (χ0) is 12.9. The van der Waals surface area contributed by atoms with E-state index in [-0.39, 0.29) is 12.2 Å². The molecular formula is C10H11F3N2O2. The Balaban J connectivity index is 2.81. The van der Waals surface area contributed by atoms with E-state index in [0.717, 1.165) is 6.07 Å². The van der Waals surface area contributed by atoms with Crippen molar-refractivity contribution in [3.05, 3.63) is 24.3 Å². The molecule has 2 N–H and O–H groups in total. The van der Waals surface area contributed by atoms with Crippen LogP contribution in [0.15, 0.2) is 24.3 Å². The highest BCUT2D eigenvalue weighted by Gasteiger charge is 2.32. The van der Waals surface area contributed by atoms with E-state index in [1.54, 1.807) is 7.05 Å². The summed E-state index contributed by atoms with van der Waals surface area (Å²) in [5, 5.41) is 4.89. The average Bonchev–Trinajstić information content (AvgIpc) is 2.19. The van der Waals surface area contributed by atoms with Gasteiger partial charge in [0.15, 0.2) is 5.75 Å². The second kappa shape index (κ2) is 5.53. The van der Waals surface area contributed by atoms with Crippen molar-refractivity contribution in [1.82, 2.24) is 5.32 Å². The van der Waals surface area contributed by atoms with Crippen molar-refractivity contribution in [3.63, 3.8) is 0 Å². The smallest absolute Gasteiger partial charge is 0.404 e. The summed E-state index contributed by atoms with van der Waals surface area (Å²) < 4.78 is 40.0. The summed E-state index contributed by atoms with van der Waals surface area (Å²) in [7, 11) is 1.55. The van der Waals surface area contributed by atoms with Gasteiger partial charge in [0.1, 0.15) is 0 Å². The van der Waals surface area contributed by atoms with Gasteiger partial charge in [-0.05, 0) is 19.2 Å². The maximum atomic E-state index is 12.1. The number of likely N-dealkylation sites (N-methyl/N-ethyl adjacent to an activating group) is 1. The fraction of sp³-hybridized carbons (Fsp3) is 0.300. The number of carbonyl (C=O) groups excluding carboxylic acids is 1. The predicted molar refractivity (Wildman–Crippen MR) is 55.7 cm³/mol. The zero-order valence-corrected chi connectivity index (χ0v) is 8.97. The van der Waals surface area contributed by atoms with E-state index in [1.807, 2.05) is 0 Å². The van der Waals surface area contributed by atoms with Crippen molar-refractivity contribution >= 4 is 11.6 Å². The molecule has 0 aliphatic carbocycles. The topological polar surface area (TPSA) is 50.4 Å². The number of nitrogens with one attached hydrogen (secondary N) is 2. The molecule has 1 aromatic carbocycles. The largest absolute Gasteiger partial charge is 0.573 e. The molecule has 1 aromatic rings. The van der Waals surface area contributed by atoms with Crippen LogP contribution in [0.3, 0.4) is 0 Å². The van der Waals surface area contributed by atoms with Crippen LogP contribution in [0.2, 0.25) is 0 Å². The normalized spacial score (nSPS) is 11.1. The van der Waals surface area contributed by atoms with Crippen molar-refractivity contribution in [1.29, 1.82) is 0 Å². The number of hydrogen-bond acceptors (Lipinski definition) is 3. The van der Waals surface area contributed by atoms with E-state index < -0.39 is 18.0 Å². The van der Waals surface area contributed by atoms with E-state index in [0.29, 0.717) is 0 Å². The Hall–Kier alpha value is -1.76. The summed E-state index contributed by atoms with van der Waals surface area (Å²) in [6.07, 6.45) is -4.79. The van der Waals surface area contributed by atoms with Gasteiger partial charge >= 0.3 is 6.36 Å². The summed E-state index contributed by atoms with van der Waals surface area (Å²) in [4.78, 5) is 11.2. The first kappa shape index (κ1) is 13.3. The minimum atomic E-state index is -4.79. The molecule has 17 heavy (non-hydrogen) atoms. The van der Waals surface area contributed by atoms with Gasteiger partial charge in [0, 0.05) is 0 Å². The third-order valence-electron chi connectivity index (χ3n) is 1.72. The molecule has 0 radical (unpaired) electrons. The SMILES string of the molecule is CNCC(=O)Nc1ccccc1OC(F)(F)F. The first-order valence-electron chi connectivity index (χ1n) is 4.71. The summed E-state index contributed by atoms with van der Waals surface area (Å²) in [6, 6.07) is 5.34. The highest BCUT2D eigenvalue weighted by atomic mass is 19.4. The third kappa shape index (κ3) is 4.73. The maximum Gasteiger partial charge on any atom is 0.573 e. The molecule has 0 heterocycles. The van der Waals surface area contributed by atoms with Crippen LogP contribution in [0.4, 0.5) is 18.9 Å². The van der Waals surface area contributed by atoms with Crippen molar-refractivity contribution < 1.29 is 22.7 Å². The number of para-hydroxylation sites is 2. The van der Waals surface area contributed by atoms with Crippen molar-refractivity contribution in [3.8, 4) is 5.75 Å². The van der Waals surface area contributed by atoms with E-state index >= 15 is 0 Å². The molecule has 0 unspecified atom stereocenters. The number of anilines is 1. The molecule has 1 amide bonds. The molecule has 0 saturated carbocycles. The number of carbonyl (C=O) groups is 1. The van der Waals surface area contributed by atoms with Gasteiger partial charge < -0.3 is 15.4 Å². The van der Waals surface area contributed by atoms with Crippen molar-refractivity contribution in [2.45, 2.75) is 6.36 Å². The van der Waals surface area contributed by atoms with E-state index in [9.17, 15) is 18.0 Å². The van der Waals surface area contributed by atoms with Crippen LogP contribution < -0.4 is 15.4 Å². The first-order chi connectivity index (χ1) is 7.92. The molecule has 1 rings (SSSR count). The molecule has 94 valence electrons. The molecule has 0 atom stereocenters. The van der Waals surface area contributed by atoms with Gasteiger partial charge in [0.2, 0.25) is 5.91 Å². The molecule has 0 aliphatic rings. The lowest BCUT2D eigenvalue weighted by Crippen LogP contribution is -2.26. The Labute approximate surface area is 95.8 Å². The lowest BCUT2D eigenvalue weighted by molar-refractivity contribution is -0.274. The number of alkyl halides is 3. The molecule has 0 aromatic heterocycles. The molecule has 0 spiro atoms. The van der Waals surface area contributed by atoms with Crippen LogP contribution in [0.25, 0.3) is 0 Å². The number of rotatable bonds is 4. The first-order valence-corrected chi connectivity index (χ1v) is 4.71. The molecule has 0 saturated heterocycles. The van der Waals surface area contributed by atoms with E-state index in [1.165, 1.54) is 18.2 Å². The molecular weight excluding hydrogens is 237 g/mol. The van der Waals surface area contributed by atoms with Gasteiger partial charge in [-0.2, -0.15) is 0 Å². The minimum absolute atomic E-state index is 0.000349. The van der Waals surface area contributed by atoms with Crippen LogP contribution in [-0.2, 0) is 4.79 Å². The Bertz CT molecular complexity index is 393. The van der Waals surface area contributed by atoms with Gasteiger partial charge in [-0.3, -0.25) is 4.79 Å². The molecule has 7 heteroatoms. The van der Waals surface area contributed by atoms with Gasteiger partial charge in [0.25, 0.3) is 0 Å². The Kier molecular flexibility index (Phi) is 4.33. The van der Waals surface area contributed by atoms with Crippen LogP contribution >= 0.6 is 0 Å². The van der Waals surface area contributed by atoms with Gasteiger partial charge in [-0.1, -0.05) is 12.1 Å². The zero-order valence-electron chi connectivity index (χ0n) is 8.97. The quantitative estimate of drug-likeness (QED) is 0.853. The summed E-state index contributed by atoms with van der Waals surface area (Å²) in [6.45, 7) is 0.000349. The summed E-state index contributed by atoms with van der Waals surface area (Å²) in [5.74, 6) is -0.893. The second-order valence-corrected chi connectivity index (χ2v) is 3.12. The van der Waals surface area contributed by atoms with Gasteiger partial charge in [-0.25, -0.2) is 0 Å². The standard InChI is InChI=1S/C10H11F3N2O2/c1-14-6-9(16)15-7-4-2-3-5-8(7)17-10(11,12)13/h2-5,14H,6H2,1H3,(H,15,16). The fourth-order valence-corrected chi connectivity index (χ4v) is 1.14. The number of hydrogen-bond donors (Lipinski definition) is 2. The highest BCUT2D eigenvalue weighted by Crippen LogP contribution is 2.29. The van der Waals surface area contributed by atoms with Crippen molar-refractivity contribution in [2.75, 3.05) is 18.9 Å². The summed E-state index contributed by atoms with van der Waals surface area (Å²) in [5.41, 5.74) is -0.0231. The van der Waals surface area contributed by atoms with Crippen LogP contribution in [0.1, 0.15) is 0 Å². The van der Waals surface area contributed by atoms with E-state index in [4.69, 9.17) is 0 Å². The van der Waals surface area contributed by atoms with Gasteiger partial charge in [-0.15, -0.1) is 13.2 Å². The summed E-state index contributed by atoms with van der Waals surface area (Å²) >= 11 is 0. The van der Waals surface area contributed by atoms with Gasteiger partial charge in [0.05, 0.1) is 12.2 Å². The Morgan fingerprint density at radius 1 is 1.35 bits per heavy atom. The van der Waals surface area contributed by atoms with Crippen molar-refractivity contribution in [2.24, 2.45) is 0 Å². The minimum Gasteiger partial charge on any atom is -0.404 e. The molecule has 4 nitrogen and oxygen atoms in total. The molecule has 0 aliphatic heterocycles. The molecule has 0 bridgehead atoms. The van der Waals surface area contributed by atoms with Crippen LogP contribution in [0, 0.1) is 0 Å². The van der Waals surface area contributed by atoms with E-state index in [2.05, 4.69) is 15.4 Å². The lowest BCUT2D eigenvalue weighted by Gasteiger charge is -2.13. The predicted octanol–water partition coefficient (Wildman–Crippen LogP) is 1.74. The number of halogens is 3. The Morgan fingerprint density at radius 3 is 2.59 bits per heavy atom.